The third-order valence-corrected chi connectivity index (χ3v) is 4.47. The fourth-order valence-electron chi connectivity index (χ4n) is 3.13. The lowest BCUT2D eigenvalue weighted by Crippen LogP contribution is -2.38. The Kier molecular flexibility index (Phi) is 5.37. The zero-order valence-electron chi connectivity index (χ0n) is 15.1. The van der Waals surface area contributed by atoms with E-state index in [1.165, 1.54) is 0 Å². The molecule has 5 nitrogen and oxygen atoms in total. The molecule has 0 aliphatic heterocycles. The van der Waals surface area contributed by atoms with E-state index in [0.717, 1.165) is 27.7 Å². The molecule has 0 atom stereocenters. The van der Waals surface area contributed by atoms with E-state index in [2.05, 4.69) is 10.3 Å². The lowest BCUT2D eigenvalue weighted by Gasteiger charge is -2.23. The molecule has 3 aromatic rings. The van der Waals surface area contributed by atoms with E-state index in [4.69, 9.17) is 0 Å². The zero-order chi connectivity index (χ0) is 18.5. The largest absolute Gasteiger partial charge is 0.361 e. The number of para-hydroxylation sites is 2. The normalized spacial score (nSPS) is 10.7. The van der Waals surface area contributed by atoms with Crippen LogP contribution in [0.25, 0.3) is 10.9 Å². The number of hydrogen-bond acceptors (Lipinski definition) is 2. The molecular formula is C21H23N3O2. The summed E-state index contributed by atoms with van der Waals surface area (Å²) < 4.78 is 0. The average molecular weight is 349 g/mol. The third-order valence-electron chi connectivity index (χ3n) is 4.47. The van der Waals surface area contributed by atoms with Crippen molar-refractivity contribution in [2.75, 3.05) is 18.0 Å². The second-order valence-corrected chi connectivity index (χ2v) is 6.34. The van der Waals surface area contributed by atoms with E-state index in [-0.39, 0.29) is 11.8 Å². The van der Waals surface area contributed by atoms with Crippen LogP contribution >= 0.6 is 0 Å². The number of nitrogens with zero attached hydrogens (tertiary/aromatic N) is 1. The van der Waals surface area contributed by atoms with E-state index >= 15 is 0 Å². The number of carbonyl (C=O) groups excluding carboxylic acids is 2. The molecule has 5 heteroatoms. The summed E-state index contributed by atoms with van der Waals surface area (Å²) in [4.78, 5) is 29.1. The van der Waals surface area contributed by atoms with Crippen molar-refractivity contribution in [3.05, 3.63) is 65.9 Å². The maximum absolute atomic E-state index is 12.3. The summed E-state index contributed by atoms with van der Waals surface area (Å²) >= 11 is 0. The molecule has 1 heterocycles. The van der Waals surface area contributed by atoms with Gasteiger partial charge in [0, 0.05) is 42.8 Å². The van der Waals surface area contributed by atoms with Crippen molar-refractivity contribution < 1.29 is 9.59 Å². The second kappa shape index (κ2) is 7.87. The van der Waals surface area contributed by atoms with Gasteiger partial charge in [-0.2, -0.15) is 0 Å². The third kappa shape index (κ3) is 3.94. The molecule has 2 amide bonds. The van der Waals surface area contributed by atoms with E-state index in [1.807, 2.05) is 61.7 Å². The van der Waals surface area contributed by atoms with Crippen LogP contribution in [-0.4, -0.2) is 29.9 Å². The molecule has 0 spiro atoms. The predicted octanol–water partition coefficient (Wildman–Crippen LogP) is 3.19. The van der Waals surface area contributed by atoms with Gasteiger partial charge < -0.3 is 15.2 Å². The van der Waals surface area contributed by atoms with Gasteiger partial charge in [-0.25, -0.2) is 0 Å². The summed E-state index contributed by atoms with van der Waals surface area (Å²) in [5, 5.41) is 3.98. The van der Waals surface area contributed by atoms with Crippen LogP contribution in [0.2, 0.25) is 0 Å². The maximum atomic E-state index is 12.3. The Bertz CT molecular complexity index is 930. The number of carbonyl (C=O) groups is 2. The Morgan fingerprint density at radius 1 is 1.08 bits per heavy atom. The van der Waals surface area contributed by atoms with Crippen LogP contribution in [0.15, 0.2) is 54.7 Å². The van der Waals surface area contributed by atoms with Gasteiger partial charge in [-0.05, 0) is 30.2 Å². The summed E-state index contributed by atoms with van der Waals surface area (Å²) in [7, 11) is 0. The molecule has 26 heavy (non-hydrogen) atoms. The molecule has 1 aromatic heterocycles. The van der Waals surface area contributed by atoms with Crippen molar-refractivity contribution in [1.82, 2.24) is 10.3 Å². The number of aromatic amines is 1. The SMILES string of the molecule is CC(=O)N(CCNC(=O)Cc1c[nH]c2ccccc12)c1ccccc1C. The summed E-state index contributed by atoms with van der Waals surface area (Å²) in [5.41, 5.74) is 3.91. The van der Waals surface area contributed by atoms with Gasteiger partial charge in [0.1, 0.15) is 0 Å². The number of aromatic nitrogens is 1. The summed E-state index contributed by atoms with van der Waals surface area (Å²) in [6.45, 7) is 4.37. The van der Waals surface area contributed by atoms with Crippen molar-refractivity contribution in [3.8, 4) is 0 Å². The average Bonchev–Trinajstić information content (AvgIpc) is 3.02. The minimum Gasteiger partial charge on any atom is -0.361 e. The molecule has 0 aliphatic rings. The number of anilines is 1. The number of nitrogens with one attached hydrogen (secondary N) is 2. The van der Waals surface area contributed by atoms with Crippen molar-refractivity contribution in [3.63, 3.8) is 0 Å². The van der Waals surface area contributed by atoms with Crippen LogP contribution in [0.1, 0.15) is 18.1 Å². The van der Waals surface area contributed by atoms with Crippen LogP contribution in [-0.2, 0) is 16.0 Å². The van der Waals surface area contributed by atoms with Crippen LogP contribution < -0.4 is 10.2 Å². The first-order valence-corrected chi connectivity index (χ1v) is 8.71. The number of hydrogen-bond donors (Lipinski definition) is 2. The van der Waals surface area contributed by atoms with Crippen molar-refractivity contribution >= 4 is 28.4 Å². The van der Waals surface area contributed by atoms with E-state index in [9.17, 15) is 9.59 Å². The quantitative estimate of drug-likeness (QED) is 0.718. The van der Waals surface area contributed by atoms with Gasteiger partial charge in [-0.3, -0.25) is 9.59 Å². The first-order valence-electron chi connectivity index (χ1n) is 8.71. The van der Waals surface area contributed by atoms with Gasteiger partial charge in [0.05, 0.1) is 6.42 Å². The predicted molar refractivity (Wildman–Crippen MR) is 104 cm³/mol. The molecule has 0 saturated heterocycles. The van der Waals surface area contributed by atoms with Crippen LogP contribution in [0.4, 0.5) is 5.69 Å². The summed E-state index contributed by atoms with van der Waals surface area (Å²) in [6.07, 6.45) is 2.19. The molecule has 0 aliphatic carbocycles. The Labute approximate surface area is 153 Å². The molecule has 0 saturated carbocycles. The monoisotopic (exact) mass is 349 g/mol. The smallest absolute Gasteiger partial charge is 0.224 e. The number of fused-ring (bicyclic) bond motifs is 1. The Hall–Kier alpha value is -3.08. The van der Waals surface area contributed by atoms with E-state index < -0.39 is 0 Å². The minimum absolute atomic E-state index is 0.0369. The molecule has 3 rings (SSSR count). The fourth-order valence-corrected chi connectivity index (χ4v) is 3.13. The lowest BCUT2D eigenvalue weighted by atomic mass is 10.1. The van der Waals surface area contributed by atoms with Crippen molar-refractivity contribution in [2.45, 2.75) is 20.3 Å². The topological polar surface area (TPSA) is 65.2 Å². The van der Waals surface area contributed by atoms with Gasteiger partial charge in [-0.1, -0.05) is 36.4 Å². The number of H-pyrrole nitrogens is 1. The molecule has 2 aromatic carbocycles. The Balaban J connectivity index is 1.59. The van der Waals surface area contributed by atoms with Gasteiger partial charge in [-0.15, -0.1) is 0 Å². The molecule has 0 fully saturated rings. The van der Waals surface area contributed by atoms with E-state index in [1.54, 1.807) is 11.8 Å². The van der Waals surface area contributed by atoms with Gasteiger partial charge in [0.25, 0.3) is 0 Å². The van der Waals surface area contributed by atoms with Crippen molar-refractivity contribution in [1.29, 1.82) is 0 Å². The number of amides is 2. The summed E-state index contributed by atoms with van der Waals surface area (Å²) in [6, 6.07) is 15.7. The molecular weight excluding hydrogens is 326 g/mol. The number of rotatable bonds is 6. The summed E-state index contributed by atoms with van der Waals surface area (Å²) in [5.74, 6) is -0.0896. The van der Waals surface area contributed by atoms with Crippen LogP contribution in [0.5, 0.6) is 0 Å². The highest BCUT2D eigenvalue weighted by molar-refractivity contribution is 5.92. The molecule has 0 unspecified atom stereocenters. The lowest BCUT2D eigenvalue weighted by molar-refractivity contribution is -0.121. The molecule has 0 radical (unpaired) electrons. The highest BCUT2D eigenvalue weighted by Gasteiger charge is 2.14. The molecule has 134 valence electrons. The molecule has 2 N–H and O–H groups in total. The first-order chi connectivity index (χ1) is 12.6. The fraction of sp³-hybridized carbons (Fsp3) is 0.238. The highest BCUT2D eigenvalue weighted by Crippen LogP contribution is 2.19. The zero-order valence-corrected chi connectivity index (χ0v) is 15.1. The Morgan fingerprint density at radius 3 is 2.58 bits per heavy atom. The van der Waals surface area contributed by atoms with Crippen LogP contribution in [0.3, 0.4) is 0 Å². The number of aryl methyl sites for hydroxylation is 1. The Morgan fingerprint density at radius 2 is 1.81 bits per heavy atom. The molecule has 0 bridgehead atoms. The minimum atomic E-state index is -0.0527. The van der Waals surface area contributed by atoms with E-state index in [0.29, 0.717) is 19.5 Å². The highest BCUT2D eigenvalue weighted by atomic mass is 16.2. The van der Waals surface area contributed by atoms with Crippen LogP contribution in [0, 0.1) is 6.92 Å². The van der Waals surface area contributed by atoms with Gasteiger partial charge >= 0.3 is 0 Å². The van der Waals surface area contributed by atoms with Gasteiger partial charge in [0.2, 0.25) is 11.8 Å². The standard InChI is InChI=1S/C21H23N3O2/c1-15-7-3-6-10-20(15)24(16(2)25)12-11-22-21(26)13-17-14-23-19-9-5-4-8-18(17)19/h3-10,14,23H,11-13H2,1-2H3,(H,22,26). The second-order valence-electron chi connectivity index (χ2n) is 6.34. The maximum Gasteiger partial charge on any atom is 0.224 e. The van der Waals surface area contributed by atoms with Gasteiger partial charge in [0.15, 0.2) is 0 Å². The first kappa shape index (κ1) is 17.7. The van der Waals surface area contributed by atoms with Crippen molar-refractivity contribution in [2.24, 2.45) is 0 Å². The number of benzene rings is 2.